The largest absolute Gasteiger partial charge is 0.385 e. The average molecular weight is 597 g/mol. The fourth-order valence-corrected chi connectivity index (χ4v) is 7.29. The lowest BCUT2D eigenvalue weighted by Crippen LogP contribution is -2.42. The number of aromatic nitrogens is 1. The lowest BCUT2D eigenvalue weighted by molar-refractivity contribution is -0.132. The van der Waals surface area contributed by atoms with Crippen molar-refractivity contribution in [3.63, 3.8) is 0 Å². The Balaban J connectivity index is 1.07. The summed E-state index contributed by atoms with van der Waals surface area (Å²) >= 11 is 1.57. The number of fused-ring (bicyclic) bond motifs is 2. The predicted molar refractivity (Wildman–Crippen MR) is 175 cm³/mol. The molecular weight excluding hydrogens is 556 g/mol. The smallest absolute Gasteiger partial charge is 0.234 e. The number of para-hydroxylation sites is 1. The molecule has 8 heteroatoms. The Kier molecular flexibility index (Phi) is 9.17. The molecule has 2 amide bonds. The van der Waals surface area contributed by atoms with Crippen LogP contribution in [0.5, 0.6) is 0 Å². The first kappa shape index (κ1) is 29.5. The molecule has 0 radical (unpaired) electrons. The number of nitrogens with one attached hydrogen (secondary N) is 1. The SMILES string of the molecule is COCCCn1c(C2CCCN(C(=O)C[C@H](N)Cc3ccc(-c4ccc5c(c4)SCC(=O)N5)cc3)C2)cc2ccccc21. The second-order valence-electron chi connectivity index (χ2n) is 11.7. The molecule has 4 aromatic rings. The van der Waals surface area contributed by atoms with Crippen molar-refractivity contribution < 1.29 is 14.3 Å². The number of rotatable bonds is 10. The van der Waals surface area contributed by atoms with Crippen LogP contribution in [-0.2, 0) is 27.3 Å². The number of amides is 2. The van der Waals surface area contributed by atoms with Gasteiger partial charge in [0.25, 0.3) is 0 Å². The molecule has 224 valence electrons. The maximum atomic E-state index is 13.4. The highest BCUT2D eigenvalue weighted by Crippen LogP contribution is 2.35. The minimum atomic E-state index is -0.233. The van der Waals surface area contributed by atoms with Crippen LogP contribution in [-0.4, -0.2) is 59.9 Å². The molecule has 0 saturated carbocycles. The maximum Gasteiger partial charge on any atom is 0.234 e. The van der Waals surface area contributed by atoms with E-state index in [1.807, 2.05) is 17.0 Å². The van der Waals surface area contributed by atoms with E-state index < -0.39 is 0 Å². The third kappa shape index (κ3) is 6.82. The molecule has 0 spiro atoms. The topological polar surface area (TPSA) is 89.6 Å². The van der Waals surface area contributed by atoms with E-state index in [9.17, 15) is 9.59 Å². The van der Waals surface area contributed by atoms with Gasteiger partial charge in [0.2, 0.25) is 11.8 Å². The highest BCUT2D eigenvalue weighted by molar-refractivity contribution is 8.00. The number of aryl methyl sites for hydroxylation is 1. The second-order valence-corrected chi connectivity index (χ2v) is 12.7. The number of carbonyl (C=O) groups is 2. The van der Waals surface area contributed by atoms with E-state index in [2.05, 4.69) is 70.5 Å². The normalized spacial score (nSPS) is 17.5. The number of likely N-dealkylation sites (tertiary alicyclic amines) is 1. The van der Waals surface area contributed by atoms with Crippen molar-refractivity contribution in [2.45, 2.75) is 55.5 Å². The van der Waals surface area contributed by atoms with Gasteiger partial charge in [-0.3, -0.25) is 9.59 Å². The lowest BCUT2D eigenvalue weighted by atomic mass is 9.93. The third-order valence-corrected chi connectivity index (χ3v) is 9.66. The molecule has 1 unspecified atom stereocenters. The zero-order valence-electron chi connectivity index (χ0n) is 24.8. The van der Waals surface area contributed by atoms with Gasteiger partial charge in [0.1, 0.15) is 0 Å². The number of ether oxygens (including phenoxy) is 1. The molecule has 2 aliphatic heterocycles. The van der Waals surface area contributed by atoms with Gasteiger partial charge in [-0.2, -0.15) is 0 Å². The maximum absolute atomic E-state index is 13.4. The van der Waals surface area contributed by atoms with E-state index in [0.29, 0.717) is 24.5 Å². The Hall–Kier alpha value is -3.59. The minimum Gasteiger partial charge on any atom is -0.385 e. The molecule has 43 heavy (non-hydrogen) atoms. The Labute approximate surface area is 257 Å². The zero-order chi connectivity index (χ0) is 29.8. The van der Waals surface area contributed by atoms with Crippen LogP contribution in [0.3, 0.4) is 0 Å². The number of anilines is 1. The summed E-state index contributed by atoms with van der Waals surface area (Å²) in [5, 5.41) is 4.18. The Morgan fingerprint density at radius 3 is 2.74 bits per heavy atom. The van der Waals surface area contributed by atoms with Crippen LogP contribution in [0.4, 0.5) is 5.69 Å². The molecule has 2 atom stereocenters. The van der Waals surface area contributed by atoms with Crippen molar-refractivity contribution in [1.82, 2.24) is 9.47 Å². The number of nitrogens with zero attached hydrogens (tertiary/aromatic N) is 2. The Bertz CT molecular complexity index is 1600. The molecular formula is C35H40N4O3S. The van der Waals surface area contributed by atoms with E-state index in [-0.39, 0.29) is 17.9 Å². The van der Waals surface area contributed by atoms with E-state index in [0.717, 1.165) is 72.8 Å². The molecule has 0 aliphatic carbocycles. The number of carbonyl (C=O) groups excluding carboxylic acids is 2. The quantitative estimate of drug-likeness (QED) is 0.218. The summed E-state index contributed by atoms with van der Waals surface area (Å²) in [5.74, 6) is 0.954. The molecule has 2 aliphatic rings. The van der Waals surface area contributed by atoms with Crippen LogP contribution in [0.15, 0.2) is 77.7 Å². The number of piperidine rings is 1. The minimum absolute atomic E-state index is 0.0436. The van der Waals surface area contributed by atoms with Crippen LogP contribution < -0.4 is 11.1 Å². The Morgan fingerprint density at radius 1 is 1.09 bits per heavy atom. The molecule has 3 N–H and O–H groups in total. The number of benzene rings is 3. The first-order valence-electron chi connectivity index (χ1n) is 15.2. The summed E-state index contributed by atoms with van der Waals surface area (Å²) in [7, 11) is 1.75. The highest BCUT2D eigenvalue weighted by atomic mass is 32.2. The Morgan fingerprint density at radius 2 is 1.91 bits per heavy atom. The molecule has 7 nitrogen and oxygen atoms in total. The summed E-state index contributed by atoms with van der Waals surface area (Å²) in [5.41, 5.74) is 13.3. The van der Waals surface area contributed by atoms with Gasteiger partial charge in [-0.05, 0) is 72.0 Å². The molecule has 1 aromatic heterocycles. The van der Waals surface area contributed by atoms with Crippen molar-refractivity contribution in [2.75, 3.05) is 37.9 Å². The van der Waals surface area contributed by atoms with Gasteiger partial charge in [-0.15, -0.1) is 11.8 Å². The first-order chi connectivity index (χ1) is 21.0. The van der Waals surface area contributed by atoms with E-state index in [4.69, 9.17) is 10.5 Å². The van der Waals surface area contributed by atoms with Gasteiger partial charge in [-0.1, -0.05) is 48.5 Å². The van der Waals surface area contributed by atoms with Crippen LogP contribution in [0, 0.1) is 0 Å². The predicted octanol–water partition coefficient (Wildman–Crippen LogP) is 6.06. The van der Waals surface area contributed by atoms with Crippen molar-refractivity contribution in [1.29, 1.82) is 0 Å². The van der Waals surface area contributed by atoms with Crippen molar-refractivity contribution in [3.05, 3.63) is 84.1 Å². The number of hydrogen-bond donors (Lipinski definition) is 2. The van der Waals surface area contributed by atoms with Gasteiger partial charge < -0.3 is 25.3 Å². The molecule has 6 rings (SSSR count). The van der Waals surface area contributed by atoms with Crippen LogP contribution in [0.1, 0.15) is 42.9 Å². The molecule has 1 saturated heterocycles. The molecule has 1 fully saturated rings. The standard InChI is InChI=1S/C35H40N4O3S/c1-42-17-5-16-39-31-8-3-2-6-27(31)19-32(39)28-7-4-15-38(22-28)35(41)21-29(36)18-24-9-11-25(12-10-24)26-13-14-30-33(20-26)43-23-34(40)37-30/h2-3,6,8-14,19-20,28-29H,4-5,7,15-18,21-23,36H2,1H3,(H,37,40)/t28?,29-/m1/s1. The fraction of sp³-hybridized carbons (Fsp3) is 0.371. The van der Waals surface area contributed by atoms with Gasteiger partial charge in [0.15, 0.2) is 0 Å². The highest BCUT2D eigenvalue weighted by Gasteiger charge is 2.28. The van der Waals surface area contributed by atoms with Gasteiger partial charge >= 0.3 is 0 Å². The summed E-state index contributed by atoms with van der Waals surface area (Å²) < 4.78 is 7.76. The van der Waals surface area contributed by atoms with Crippen molar-refractivity contribution in [2.24, 2.45) is 5.73 Å². The number of thioether (sulfide) groups is 1. The van der Waals surface area contributed by atoms with E-state index in [1.54, 1.807) is 18.9 Å². The van der Waals surface area contributed by atoms with Crippen LogP contribution in [0.2, 0.25) is 0 Å². The van der Waals surface area contributed by atoms with E-state index >= 15 is 0 Å². The van der Waals surface area contributed by atoms with E-state index in [1.165, 1.54) is 16.6 Å². The molecule has 0 bridgehead atoms. The summed E-state index contributed by atoms with van der Waals surface area (Å²) in [6.45, 7) is 3.18. The second kappa shape index (κ2) is 13.4. The number of hydrogen-bond acceptors (Lipinski definition) is 5. The van der Waals surface area contributed by atoms with Crippen LogP contribution >= 0.6 is 11.8 Å². The average Bonchev–Trinajstić information content (AvgIpc) is 3.40. The summed E-state index contributed by atoms with van der Waals surface area (Å²) in [6.07, 6.45) is 4.04. The van der Waals surface area contributed by atoms with Gasteiger partial charge in [0.05, 0.1) is 11.4 Å². The summed E-state index contributed by atoms with van der Waals surface area (Å²) in [6, 6.07) is 25.2. The molecule has 3 aromatic carbocycles. The van der Waals surface area contributed by atoms with Gasteiger partial charge in [0, 0.05) is 67.8 Å². The third-order valence-electron chi connectivity index (χ3n) is 8.60. The fourth-order valence-electron chi connectivity index (χ4n) is 6.45. The monoisotopic (exact) mass is 596 g/mol. The number of methoxy groups -OCH3 is 1. The van der Waals surface area contributed by atoms with Crippen molar-refractivity contribution in [3.8, 4) is 11.1 Å². The molecule has 3 heterocycles. The van der Waals surface area contributed by atoms with Crippen molar-refractivity contribution >= 4 is 40.2 Å². The van der Waals surface area contributed by atoms with Gasteiger partial charge in [-0.25, -0.2) is 0 Å². The number of nitrogens with two attached hydrogens (primary N) is 1. The zero-order valence-corrected chi connectivity index (χ0v) is 25.6. The summed E-state index contributed by atoms with van der Waals surface area (Å²) in [4.78, 5) is 28.2. The van der Waals surface area contributed by atoms with Crippen LogP contribution in [0.25, 0.3) is 22.0 Å². The first-order valence-corrected chi connectivity index (χ1v) is 16.2. The lowest BCUT2D eigenvalue weighted by Gasteiger charge is -2.34.